The number of fused-ring (bicyclic) bond motifs is 2. The minimum Gasteiger partial charge on any atom is -0.436 e. The van der Waals surface area contributed by atoms with Crippen LogP contribution >= 0.6 is 62.1 Å². The number of hydrogen-bond acceptors (Lipinski definition) is 4. The standard InChI is InChI=1S/C22H10BrCl3N2O2S/c23-10-1-5-15(25)14(7-10)22-28-16-9-12(3-6-17(16)30-22)27-21(29)20-19(26)13-4-2-11(24)8-18(13)31-20/h1-9H,(H,27,29). The Morgan fingerprint density at radius 3 is 2.71 bits per heavy atom. The van der Waals surface area contributed by atoms with Gasteiger partial charge in [-0.1, -0.05) is 56.8 Å². The summed E-state index contributed by atoms with van der Waals surface area (Å²) in [7, 11) is 0. The molecule has 154 valence electrons. The van der Waals surface area contributed by atoms with E-state index in [1.807, 2.05) is 18.2 Å². The SMILES string of the molecule is O=C(Nc1ccc2oc(-c3cc(Br)ccc3Cl)nc2c1)c1sc2cc(Cl)ccc2c1Cl. The molecule has 5 rings (SSSR count). The van der Waals surface area contributed by atoms with E-state index in [0.717, 1.165) is 14.6 Å². The molecule has 0 radical (unpaired) electrons. The van der Waals surface area contributed by atoms with Crippen molar-refractivity contribution < 1.29 is 9.21 Å². The Morgan fingerprint density at radius 2 is 1.87 bits per heavy atom. The Balaban J connectivity index is 1.46. The number of anilines is 1. The predicted molar refractivity (Wildman–Crippen MR) is 132 cm³/mol. The summed E-state index contributed by atoms with van der Waals surface area (Å²) in [5.41, 5.74) is 2.43. The summed E-state index contributed by atoms with van der Waals surface area (Å²) in [6.07, 6.45) is 0. The summed E-state index contributed by atoms with van der Waals surface area (Å²) in [6.45, 7) is 0. The van der Waals surface area contributed by atoms with Gasteiger partial charge in [0.25, 0.3) is 5.91 Å². The fourth-order valence-corrected chi connectivity index (χ4v) is 5.40. The van der Waals surface area contributed by atoms with Crippen LogP contribution < -0.4 is 5.32 Å². The van der Waals surface area contributed by atoms with Crippen molar-refractivity contribution in [2.24, 2.45) is 0 Å². The van der Waals surface area contributed by atoms with Crippen molar-refractivity contribution in [1.29, 1.82) is 0 Å². The van der Waals surface area contributed by atoms with Crippen LogP contribution in [0.3, 0.4) is 0 Å². The zero-order chi connectivity index (χ0) is 21.7. The Morgan fingerprint density at radius 1 is 1.03 bits per heavy atom. The molecular formula is C22H10BrCl3N2O2S. The molecule has 0 saturated heterocycles. The first-order valence-corrected chi connectivity index (χ1v) is 11.7. The van der Waals surface area contributed by atoms with Crippen molar-refractivity contribution in [3.8, 4) is 11.5 Å². The second kappa shape index (κ2) is 8.11. The molecule has 5 aromatic rings. The molecule has 9 heteroatoms. The molecule has 0 spiro atoms. The lowest BCUT2D eigenvalue weighted by Gasteiger charge is -2.03. The van der Waals surface area contributed by atoms with Crippen LogP contribution in [0.15, 0.2) is 63.5 Å². The number of aromatic nitrogens is 1. The lowest BCUT2D eigenvalue weighted by atomic mass is 10.2. The first kappa shape index (κ1) is 20.8. The van der Waals surface area contributed by atoms with Crippen molar-refractivity contribution in [2.75, 3.05) is 5.32 Å². The van der Waals surface area contributed by atoms with E-state index in [9.17, 15) is 4.79 Å². The summed E-state index contributed by atoms with van der Waals surface area (Å²) in [5, 5.41) is 5.20. The fraction of sp³-hybridized carbons (Fsp3) is 0. The van der Waals surface area contributed by atoms with Crippen molar-refractivity contribution >= 4 is 94.8 Å². The maximum Gasteiger partial charge on any atom is 0.267 e. The van der Waals surface area contributed by atoms with E-state index in [4.69, 9.17) is 39.2 Å². The lowest BCUT2D eigenvalue weighted by Crippen LogP contribution is -2.10. The molecule has 0 saturated carbocycles. The molecule has 0 aliphatic heterocycles. The number of rotatable bonds is 3. The average Bonchev–Trinajstić information content (AvgIpc) is 3.30. The molecule has 0 aliphatic carbocycles. The molecule has 1 amide bonds. The van der Waals surface area contributed by atoms with Crippen molar-refractivity contribution in [1.82, 2.24) is 4.98 Å². The van der Waals surface area contributed by atoms with Crippen LogP contribution in [0.25, 0.3) is 32.6 Å². The van der Waals surface area contributed by atoms with Crippen LogP contribution in [0.5, 0.6) is 0 Å². The summed E-state index contributed by atoms with van der Waals surface area (Å²) >= 11 is 23.5. The zero-order valence-corrected chi connectivity index (χ0v) is 20.1. The normalized spacial score (nSPS) is 11.4. The molecular weight excluding hydrogens is 543 g/mol. The second-order valence-corrected chi connectivity index (χ2v) is 9.85. The molecule has 3 aromatic carbocycles. The van der Waals surface area contributed by atoms with Gasteiger partial charge in [0.15, 0.2) is 5.58 Å². The molecule has 2 heterocycles. The average molecular weight is 553 g/mol. The summed E-state index contributed by atoms with van der Waals surface area (Å²) < 4.78 is 7.56. The van der Waals surface area contributed by atoms with Gasteiger partial charge in [0.2, 0.25) is 5.89 Å². The van der Waals surface area contributed by atoms with Crippen LogP contribution in [0.4, 0.5) is 5.69 Å². The van der Waals surface area contributed by atoms with E-state index >= 15 is 0 Å². The smallest absolute Gasteiger partial charge is 0.267 e. The number of oxazole rings is 1. The van der Waals surface area contributed by atoms with Gasteiger partial charge in [-0.15, -0.1) is 11.3 Å². The number of amides is 1. The fourth-order valence-electron chi connectivity index (χ4n) is 3.15. The maximum absolute atomic E-state index is 12.8. The summed E-state index contributed by atoms with van der Waals surface area (Å²) in [4.78, 5) is 17.8. The zero-order valence-electron chi connectivity index (χ0n) is 15.4. The van der Waals surface area contributed by atoms with E-state index in [1.165, 1.54) is 11.3 Å². The summed E-state index contributed by atoms with van der Waals surface area (Å²) in [6, 6.07) is 16.0. The highest BCUT2D eigenvalue weighted by Crippen LogP contribution is 2.37. The predicted octanol–water partition coefficient (Wildman–Crippen LogP) is 8.68. The van der Waals surface area contributed by atoms with E-state index in [-0.39, 0.29) is 5.91 Å². The number of hydrogen-bond donors (Lipinski definition) is 1. The Kier molecular flexibility index (Phi) is 5.44. The van der Waals surface area contributed by atoms with Gasteiger partial charge in [0.05, 0.1) is 15.6 Å². The van der Waals surface area contributed by atoms with E-state index in [2.05, 4.69) is 26.2 Å². The van der Waals surface area contributed by atoms with Crippen molar-refractivity contribution in [2.45, 2.75) is 0 Å². The van der Waals surface area contributed by atoms with E-state index in [1.54, 1.807) is 36.4 Å². The van der Waals surface area contributed by atoms with Gasteiger partial charge in [-0.05, 0) is 48.5 Å². The number of carbonyl (C=O) groups is 1. The lowest BCUT2D eigenvalue weighted by molar-refractivity contribution is 0.103. The molecule has 0 aliphatic rings. The van der Waals surface area contributed by atoms with Crippen LogP contribution in [-0.2, 0) is 0 Å². The quantitative estimate of drug-likeness (QED) is 0.244. The number of benzene rings is 3. The molecule has 0 fully saturated rings. The highest BCUT2D eigenvalue weighted by Gasteiger charge is 2.18. The van der Waals surface area contributed by atoms with Crippen molar-refractivity contribution in [3.63, 3.8) is 0 Å². The van der Waals surface area contributed by atoms with Gasteiger partial charge >= 0.3 is 0 Å². The first-order chi connectivity index (χ1) is 14.9. The van der Waals surface area contributed by atoms with Gasteiger partial charge < -0.3 is 9.73 Å². The highest BCUT2D eigenvalue weighted by atomic mass is 79.9. The summed E-state index contributed by atoms with van der Waals surface area (Å²) in [5.74, 6) is 0.0923. The highest BCUT2D eigenvalue weighted by molar-refractivity contribution is 9.10. The van der Waals surface area contributed by atoms with Crippen LogP contribution in [0.2, 0.25) is 15.1 Å². The topological polar surface area (TPSA) is 55.1 Å². The number of halogens is 4. The maximum atomic E-state index is 12.8. The van der Waals surface area contributed by atoms with Gasteiger partial charge in [-0.2, -0.15) is 0 Å². The Hall–Kier alpha value is -2.09. The molecule has 0 bridgehead atoms. The molecule has 31 heavy (non-hydrogen) atoms. The number of thiophene rings is 1. The monoisotopic (exact) mass is 550 g/mol. The third-order valence-corrected chi connectivity index (χ3v) is 7.32. The number of nitrogens with zero attached hydrogens (tertiary/aromatic N) is 1. The molecule has 0 unspecified atom stereocenters. The van der Waals surface area contributed by atoms with E-state index < -0.39 is 0 Å². The van der Waals surface area contributed by atoms with Gasteiger partial charge in [-0.3, -0.25) is 4.79 Å². The van der Waals surface area contributed by atoms with Gasteiger partial charge in [0.1, 0.15) is 10.4 Å². The minimum atomic E-state index is -0.305. The number of nitrogens with one attached hydrogen (secondary N) is 1. The third kappa shape index (κ3) is 3.95. The van der Waals surface area contributed by atoms with Gasteiger partial charge in [-0.25, -0.2) is 4.98 Å². The third-order valence-electron chi connectivity index (χ3n) is 4.60. The molecule has 1 N–H and O–H groups in total. The Labute approximate surface area is 203 Å². The van der Waals surface area contributed by atoms with Crippen molar-refractivity contribution in [3.05, 3.63) is 79.0 Å². The Bertz CT molecular complexity index is 1500. The molecule has 0 atom stereocenters. The first-order valence-electron chi connectivity index (χ1n) is 8.94. The van der Waals surface area contributed by atoms with Gasteiger partial charge in [0, 0.05) is 25.3 Å². The minimum absolute atomic E-state index is 0.305. The van der Waals surface area contributed by atoms with Crippen LogP contribution in [0, 0.1) is 0 Å². The van der Waals surface area contributed by atoms with Crippen LogP contribution in [-0.4, -0.2) is 10.9 Å². The second-order valence-electron chi connectivity index (χ2n) is 6.67. The van der Waals surface area contributed by atoms with E-state index in [0.29, 0.717) is 48.2 Å². The van der Waals surface area contributed by atoms with Crippen LogP contribution in [0.1, 0.15) is 9.67 Å². The molecule has 4 nitrogen and oxygen atoms in total. The largest absolute Gasteiger partial charge is 0.436 e. The number of carbonyl (C=O) groups excluding carboxylic acids is 1. The molecule has 2 aromatic heterocycles.